The highest BCUT2D eigenvalue weighted by atomic mass is 19.1. The Morgan fingerprint density at radius 2 is 1.89 bits per heavy atom. The maximum Gasteiger partial charge on any atom is 0.144 e. The molecule has 2 rings (SSSR count). The van der Waals surface area contributed by atoms with Gasteiger partial charge in [-0.3, -0.25) is 0 Å². The van der Waals surface area contributed by atoms with Crippen molar-refractivity contribution in [2.75, 3.05) is 0 Å². The summed E-state index contributed by atoms with van der Waals surface area (Å²) in [4.78, 5) is 0. The van der Waals surface area contributed by atoms with E-state index in [0.717, 1.165) is 5.56 Å². The third kappa shape index (κ3) is 2.87. The summed E-state index contributed by atoms with van der Waals surface area (Å²) in [7, 11) is 0. The zero-order valence-corrected chi connectivity index (χ0v) is 10.4. The highest BCUT2D eigenvalue weighted by Crippen LogP contribution is 2.26. The van der Waals surface area contributed by atoms with Crippen LogP contribution in [0.1, 0.15) is 31.4 Å². The number of rotatable bonds is 3. The maximum absolute atomic E-state index is 13.8. The summed E-state index contributed by atoms with van der Waals surface area (Å²) < 4.78 is 27.0. The van der Waals surface area contributed by atoms with Gasteiger partial charge in [0.15, 0.2) is 0 Å². The summed E-state index contributed by atoms with van der Waals surface area (Å²) in [5.74, 6) is 0. The molecular weight excluding hydrogens is 236 g/mol. The van der Waals surface area contributed by atoms with Crippen molar-refractivity contribution in [2.24, 2.45) is 0 Å². The molecule has 0 aliphatic heterocycles. The molecule has 2 nitrogen and oxygen atoms in total. The molecule has 1 aliphatic carbocycles. The summed E-state index contributed by atoms with van der Waals surface area (Å²) >= 11 is 0. The SMILES string of the molecule is C[C@@H](NC1CCC(F)C(O)C1F)c1ccccc1. The summed E-state index contributed by atoms with van der Waals surface area (Å²) in [5.41, 5.74) is 1.06. The van der Waals surface area contributed by atoms with Crippen molar-refractivity contribution in [1.29, 1.82) is 0 Å². The molecule has 0 saturated heterocycles. The first-order valence-corrected chi connectivity index (χ1v) is 6.37. The lowest BCUT2D eigenvalue weighted by Gasteiger charge is -2.34. The molecule has 2 N–H and O–H groups in total. The van der Waals surface area contributed by atoms with Crippen molar-refractivity contribution in [3.63, 3.8) is 0 Å². The fraction of sp³-hybridized carbons (Fsp3) is 0.571. The molecule has 0 radical (unpaired) electrons. The number of halogens is 2. The Bertz CT molecular complexity index is 373. The summed E-state index contributed by atoms with van der Waals surface area (Å²) in [6.07, 6.45) is -3.86. The van der Waals surface area contributed by atoms with Crippen molar-refractivity contribution in [1.82, 2.24) is 5.32 Å². The Morgan fingerprint density at radius 3 is 2.56 bits per heavy atom. The Kier molecular flexibility index (Phi) is 4.30. The zero-order valence-electron chi connectivity index (χ0n) is 10.4. The fourth-order valence-electron chi connectivity index (χ4n) is 2.44. The molecule has 1 fully saturated rings. The van der Waals surface area contributed by atoms with Gasteiger partial charge in [-0.1, -0.05) is 30.3 Å². The molecule has 1 saturated carbocycles. The Hall–Kier alpha value is -1.00. The van der Waals surface area contributed by atoms with Gasteiger partial charge in [-0.15, -0.1) is 0 Å². The topological polar surface area (TPSA) is 32.3 Å². The quantitative estimate of drug-likeness (QED) is 0.870. The van der Waals surface area contributed by atoms with Crippen LogP contribution in [-0.4, -0.2) is 29.6 Å². The third-order valence-corrected chi connectivity index (χ3v) is 3.60. The van der Waals surface area contributed by atoms with E-state index in [9.17, 15) is 13.9 Å². The second-order valence-corrected chi connectivity index (χ2v) is 4.93. The van der Waals surface area contributed by atoms with Crippen LogP contribution in [0.3, 0.4) is 0 Å². The predicted molar refractivity (Wildman–Crippen MR) is 66.8 cm³/mol. The molecule has 1 aromatic carbocycles. The van der Waals surface area contributed by atoms with Crippen LogP contribution in [0.5, 0.6) is 0 Å². The Balaban J connectivity index is 1.97. The highest BCUT2D eigenvalue weighted by molar-refractivity contribution is 5.18. The highest BCUT2D eigenvalue weighted by Gasteiger charge is 2.39. The van der Waals surface area contributed by atoms with Crippen molar-refractivity contribution in [3.8, 4) is 0 Å². The van der Waals surface area contributed by atoms with Gasteiger partial charge in [-0.25, -0.2) is 8.78 Å². The summed E-state index contributed by atoms with van der Waals surface area (Å²) in [5, 5.41) is 12.5. The first-order chi connectivity index (χ1) is 8.59. The van der Waals surface area contributed by atoms with Crippen LogP contribution in [-0.2, 0) is 0 Å². The minimum atomic E-state index is -1.54. The lowest BCUT2D eigenvalue weighted by molar-refractivity contribution is -0.0348. The average Bonchev–Trinajstić information content (AvgIpc) is 2.40. The predicted octanol–water partition coefficient (Wildman–Crippen LogP) is 2.54. The van der Waals surface area contributed by atoms with Crippen LogP contribution in [0.4, 0.5) is 8.78 Å². The molecule has 0 amide bonds. The van der Waals surface area contributed by atoms with Crippen molar-refractivity contribution in [2.45, 2.75) is 50.3 Å². The Morgan fingerprint density at radius 1 is 1.22 bits per heavy atom. The molecular formula is C14H19F2NO. The number of aliphatic hydroxyl groups is 1. The van der Waals surface area contributed by atoms with E-state index in [4.69, 9.17) is 0 Å². The van der Waals surface area contributed by atoms with E-state index in [1.807, 2.05) is 37.3 Å². The van der Waals surface area contributed by atoms with Gasteiger partial charge in [0.25, 0.3) is 0 Å². The van der Waals surface area contributed by atoms with Gasteiger partial charge in [0, 0.05) is 12.1 Å². The molecule has 0 spiro atoms. The van der Waals surface area contributed by atoms with E-state index in [2.05, 4.69) is 5.32 Å². The molecule has 100 valence electrons. The van der Waals surface area contributed by atoms with Crippen LogP contribution in [0.15, 0.2) is 30.3 Å². The first kappa shape index (κ1) is 13.4. The smallest absolute Gasteiger partial charge is 0.144 e. The average molecular weight is 255 g/mol. The first-order valence-electron chi connectivity index (χ1n) is 6.37. The fourth-order valence-corrected chi connectivity index (χ4v) is 2.44. The molecule has 4 heteroatoms. The monoisotopic (exact) mass is 255 g/mol. The zero-order chi connectivity index (χ0) is 13.1. The van der Waals surface area contributed by atoms with Gasteiger partial charge in [-0.05, 0) is 25.3 Å². The minimum Gasteiger partial charge on any atom is -0.387 e. The van der Waals surface area contributed by atoms with Gasteiger partial charge < -0.3 is 10.4 Å². The van der Waals surface area contributed by atoms with Crippen molar-refractivity contribution in [3.05, 3.63) is 35.9 Å². The largest absolute Gasteiger partial charge is 0.387 e. The molecule has 0 heterocycles. The van der Waals surface area contributed by atoms with Crippen molar-refractivity contribution >= 4 is 0 Å². The van der Waals surface area contributed by atoms with Crippen LogP contribution in [0.25, 0.3) is 0 Å². The summed E-state index contributed by atoms with van der Waals surface area (Å²) in [6, 6.07) is 9.19. The van der Waals surface area contributed by atoms with Crippen LogP contribution < -0.4 is 5.32 Å². The van der Waals surface area contributed by atoms with Gasteiger partial charge in [0.05, 0.1) is 0 Å². The standard InChI is InChI=1S/C14H19F2NO/c1-9(10-5-3-2-4-6-10)17-12-8-7-11(15)14(18)13(12)16/h2-6,9,11-14,17-18H,7-8H2,1H3/t9-,11?,12?,13?,14?/m1/s1. The lowest BCUT2D eigenvalue weighted by Crippen LogP contribution is -2.51. The third-order valence-electron chi connectivity index (χ3n) is 3.60. The second-order valence-electron chi connectivity index (χ2n) is 4.93. The Labute approximate surface area is 106 Å². The number of aliphatic hydroxyl groups excluding tert-OH is 1. The molecule has 0 aromatic heterocycles. The number of benzene rings is 1. The number of alkyl halides is 2. The van der Waals surface area contributed by atoms with Gasteiger partial charge in [0.2, 0.25) is 0 Å². The maximum atomic E-state index is 13.8. The van der Waals surface area contributed by atoms with Crippen LogP contribution in [0.2, 0.25) is 0 Å². The molecule has 1 aliphatic rings. The second kappa shape index (κ2) is 5.76. The normalized spacial score (nSPS) is 34.2. The van der Waals surface area contributed by atoms with E-state index in [0.29, 0.717) is 6.42 Å². The molecule has 1 aromatic rings. The molecule has 5 atom stereocenters. The number of hydrogen-bond acceptors (Lipinski definition) is 2. The number of nitrogens with one attached hydrogen (secondary N) is 1. The van der Waals surface area contributed by atoms with Crippen molar-refractivity contribution < 1.29 is 13.9 Å². The van der Waals surface area contributed by atoms with E-state index in [1.165, 1.54) is 0 Å². The van der Waals surface area contributed by atoms with Gasteiger partial charge in [-0.2, -0.15) is 0 Å². The minimum absolute atomic E-state index is 0.0159. The van der Waals surface area contributed by atoms with E-state index in [1.54, 1.807) is 0 Å². The van der Waals surface area contributed by atoms with E-state index >= 15 is 0 Å². The number of hydrogen-bond donors (Lipinski definition) is 2. The lowest BCUT2D eigenvalue weighted by atomic mass is 9.89. The summed E-state index contributed by atoms with van der Waals surface area (Å²) in [6.45, 7) is 1.94. The van der Waals surface area contributed by atoms with Crippen LogP contribution in [0, 0.1) is 0 Å². The molecule has 4 unspecified atom stereocenters. The van der Waals surface area contributed by atoms with E-state index < -0.39 is 24.5 Å². The molecule has 18 heavy (non-hydrogen) atoms. The van der Waals surface area contributed by atoms with Gasteiger partial charge in [0.1, 0.15) is 18.4 Å². The van der Waals surface area contributed by atoms with E-state index in [-0.39, 0.29) is 12.5 Å². The molecule has 0 bridgehead atoms. The van der Waals surface area contributed by atoms with Crippen LogP contribution >= 0.6 is 0 Å². The van der Waals surface area contributed by atoms with Gasteiger partial charge >= 0.3 is 0 Å².